The molecule has 0 bridgehead atoms. The quantitative estimate of drug-likeness (QED) is 0.821. The van der Waals surface area contributed by atoms with Gasteiger partial charge in [0.15, 0.2) is 11.0 Å². The van der Waals surface area contributed by atoms with Crippen molar-refractivity contribution >= 4 is 29.1 Å². The Morgan fingerprint density at radius 3 is 2.69 bits per heavy atom. The van der Waals surface area contributed by atoms with E-state index in [-0.39, 0.29) is 30.5 Å². The molecule has 3 rings (SSSR count). The van der Waals surface area contributed by atoms with Gasteiger partial charge in [0, 0.05) is 25.6 Å². The SMILES string of the molecule is COC(=O)c1ccc([C@@H]2CN(c3cc(Cl)nnc3N)CCC2(F)F)cc1. The van der Waals surface area contributed by atoms with E-state index in [0.29, 0.717) is 16.8 Å². The molecule has 0 aliphatic carbocycles. The first kappa shape index (κ1) is 18.3. The van der Waals surface area contributed by atoms with Crippen LogP contribution in [0.3, 0.4) is 0 Å². The molecule has 2 heterocycles. The molecule has 1 aliphatic heterocycles. The van der Waals surface area contributed by atoms with Crippen LogP contribution < -0.4 is 10.6 Å². The number of anilines is 2. The highest BCUT2D eigenvalue weighted by Gasteiger charge is 2.45. The van der Waals surface area contributed by atoms with Crippen LogP contribution in [-0.4, -0.2) is 42.3 Å². The molecule has 6 nitrogen and oxygen atoms in total. The van der Waals surface area contributed by atoms with Crippen molar-refractivity contribution in [1.29, 1.82) is 0 Å². The summed E-state index contributed by atoms with van der Waals surface area (Å²) in [5.41, 5.74) is 7.05. The molecule has 0 amide bonds. The molecule has 1 aromatic carbocycles. The Morgan fingerprint density at radius 2 is 2.04 bits per heavy atom. The van der Waals surface area contributed by atoms with Crippen LogP contribution in [0.2, 0.25) is 5.15 Å². The fraction of sp³-hybridized carbons (Fsp3) is 0.353. The molecule has 26 heavy (non-hydrogen) atoms. The van der Waals surface area contributed by atoms with E-state index in [2.05, 4.69) is 14.9 Å². The van der Waals surface area contributed by atoms with Crippen LogP contribution in [0.4, 0.5) is 20.3 Å². The minimum atomic E-state index is -2.89. The molecule has 0 saturated carbocycles. The van der Waals surface area contributed by atoms with Crippen molar-refractivity contribution in [2.75, 3.05) is 30.8 Å². The van der Waals surface area contributed by atoms with Crippen LogP contribution >= 0.6 is 11.6 Å². The molecule has 0 spiro atoms. The molecule has 1 saturated heterocycles. The lowest BCUT2D eigenvalue weighted by Gasteiger charge is -2.40. The number of hydrogen-bond acceptors (Lipinski definition) is 6. The minimum absolute atomic E-state index is 0.0385. The van der Waals surface area contributed by atoms with E-state index in [9.17, 15) is 13.6 Å². The highest BCUT2D eigenvalue weighted by molar-refractivity contribution is 6.29. The molecule has 2 aromatic rings. The number of rotatable bonds is 3. The zero-order valence-electron chi connectivity index (χ0n) is 14.0. The molecular weight excluding hydrogens is 366 g/mol. The average molecular weight is 383 g/mol. The van der Waals surface area contributed by atoms with Crippen molar-refractivity contribution in [3.63, 3.8) is 0 Å². The maximum absolute atomic E-state index is 14.5. The van der Waals surface area contributed by atoms with E-state index in [0.717, 1.165) is 0 Å². The third-order valence-corrected chi connectivity index (χ3v) is 4.66. The second-order valence-corrected chi connectivity index (χ2v) is 6.45. The summed E-state index contributed by atoms with van der Waals surface area (Å²) in [6.45, 7) is 0.159. The van der Waals surface area contributed by atoms with Crippen LogP contribution in [-0.2, 0) is 4.74 Å². The Labute approximate surface area is 153 Å². The van der Waals surface area contributed by atoms with Gasteiger partial charge in [-0.2, -0.15) is 0 Å². The summed E-state index contributed by atoms with van der Waals surface area (Å²) in [7, 11) is 1.27. The second-order valence-electron chi connectivity index (χ2n) is 6.06. The Kier molecular flexibility index (Phi) is 4.95. The first-order valence-corrected chi connectivity index (χ1v) is 8.29. The van der Waals surface area contributed by atoms with E-state index in [1.54, 1.807) is 4.90 Å². The number of ether oxygens (including phenoxy) is 1. The first-order chi connectivity index (χ1) is 12.3. The summed E-state index contributed by atoms with van der Waals surface area (Å²) in [5, 5.41) is 7.53. The number of halogens is 3. The summed E-state index contributed by atoms with van der Waals surface area (Å²) in [4.78, 5) is 13.2. The lowest BCUT2D eigenvalue weighted by atomic mass is 9.86. The van der Waals surface area contributed by atoms with Gasteiger partial charge >= 0.3 is 5.97 Å². The molecular formula is C17H17ClF2N4O2. The molecule has 1 aliphatic rings. The highest BCUT2D eigenvalue weighted by atomic mass is 35.5. The van der Waals surface area contributed by atoms with E-state index in [4.69, 9.17) is 17.3 Å². The van der Waals surface area contributed by atoms with Gasteiger partial charge in [0.1, 0.15) is 0 Å². The Hall–Kier alpha value is -2.48. The molecule has 1 atom stereocenters. The minimum Gasteiger partial charge on any atom is -0.465 e. The van der Waals surface area contributed by atoms with Crippen molar-refractivity contribution in [3.05, 3.63) is 46.6 Å². The number of benzene rings is 1. The molecule has 2 N–H and O–H groups in total. The molecule has 1 fully saturated rings. The highest BCUT2D eigenvalue weighted by Crippen LogP contribution is 2.42. The summed E-state index contributed by atoms with van der Waals surface area (Å²) in [6.07, 6.45) is -0.337. The number of nitrogen functional groups attached to an aromatic ring is 1. The fourth-order valence-corrected chi connectivity index (χ4v) is 3.20. The standard InChI is InChI=1S/C17H17ClF2N4O2/c1-26-16(25)11-4-2-10(3-5-11)12-9-24(7-6-17(12,19)20)13-8-14(18)22-23-15(13)21/h2-5,8,12H,6-7,9H2,1H3,(H2,21,23)/t12-/m0/s1. The topological polar surface area (TPSA) is 81.3 Å². The van der Waals surface area contributed by atoms with Gasteiger partial charge in [0.05, 0.1) is 24.3 Å². The predicted octanol–water partition coefficient (Wildman–Crippen LogP) is 3.13. The van der Waals surface area contributed by atoms with Crippen LogP contribution in [0.1, 0.15) is 28.3 Å². The van der Waals surface area contributed by atoms with Crippen molar-refractivity contribution in [2.45, 2.75) is 18.3 Å². The number of nitrogens with zero attached hydrogens (tertiary/aromatic N) is 3. The molecule has 0 radical (unpaired) electrons. The van der Waals surface area contributed by atoms with Gasteiger partial charge in [-0.25, -0.2) is 13.6 Å². The van der Waals surface area contributed by atoms with Crippen LogP contribution in [0.5, 0.6) is 0 Å². The third-order valence-electron chi connectivity index (χ3n) is 4.47. The van der Waals surface area contributed by atoms with Gasteiger partial charge in [-0.05, 0) is 17.7 Å². The van der Waals surface area contributed by atoms with Gasteiger partial charge in [-0.15, -0.1) is 10.2 Å². The second kappa shape index (κ2) is 7.03. The van der Waals surface area contributed by atoms with Gasteiger partial charge < -0.3 is 15.4 Å². The van der Waals surface area contributed by atoms with E-state index in [1.807, 2.05) is 0 Å². The Bertz CT molecular complexity index is 817. The van der Waals surface area contributed by atoms with Gasteiger partial charge in [-0.1, -0.05) is 23.7 Å². The first-order valence-electron chi connectivity index (χ1n) is 7.91. The summed E-state index contributed by atoms with van der Waals surface area (Å²) in [5.74, 6) is -4.32. The zero-order valence-corrected chi connectivity index (χ0v) is 14.7. The van der Waals surface area contributed by atoms with E-state index < -0.39 is 17.8 Å². The lowest BCUT2D eigenvalue weighted by Crippen LogP contribution is -2.46. The van der Waals surface area contributed by atoms with E-state index >= 15 is 0 Å². The number of nitrogens with two attached hydrogens (primary N) is 1. The summed E-state index contributed by atoms with van der Waals surface area (Å²) < 4.78 is 33.7. The number of aromatic nitrogens is 2. The smallest absolute Gasteiger partial charge is 0.337 e. The van der Waals surface area contributed by atoms with Gasteiger partial charge in [0.25, 0.3) is 5.92 Å². The maximum atomic E-state index is 14.5. The van der Waals surface area contributed by atoms with Gasteiger partial charge in [0.2, 0.25) is 0 Å². The van der Waals surface area contributed by atoms with E-state index in [1.165, 1.54) is 37.4 Å². The number of esters is 1. The number of alkyl halides is 2. The molecule has 0 unspecified atom stereocenters. The molecule has 138 valence electrons. The summed E-state index contributed by atoms with van der Waals surface area (Å²) >= 11 is 5.86. The van der Waals surface area contributed by atoms with Crippen molar-refractivity contribution < 1.29 is 18.3 Å². The zero-order chi connectivity index (χ0) is 18.9. The number of carbonyl (C=O) groups excluding carboxylic acids is 1. The van der Waals surface area contributed by atoms with Crippen LogP contribution in [0, 0.1) is 0 Å². The number of piperidine rings is 1. The Balaban J connectivity index is 1.89. The third kappa shape index (κ3) is 3.55. The van der Waals surface area contributed by atoms with Crippen molar-refractivity contribution in [1.82, 2.24) is 10.2 Å². The molecule has 9 heteroatoms. The molecule has 1 aromatic heterocycles. The number of carbonyl (C=O) groups is 1. The monoisotopic (exact) mass is 382 g/mol. The van der Waals surface area contributed by atoms with Crippen LogP contribution in [0.15, 0.2) is 30.3 Å². The number of hydrogen-bond donors (Lipinski definition) is 1. The predicted molar refractivity (Wildman–Crippen MR) is 93.8 cm³/mol. The number of methoxy groups -OCH3 is 1. The Morgan fingerprint density at radius 1 is 1.35 bits per heavy atom. The average Bonchev–Trinajstić information content (AvgIpc) is 2.63. The van der Waals surface area contributed by atoms with Gasteiger partial charge in [-0.3, -0.25) is 0 Å². The maximum Gasteiger partial charge on any atom is 0.337 e. The van der Waals surface area contributed by atoms with Crippen LogP contribution in [0.25, 0.3) is 0 Å². The summed E-state index contributed by atoms with van der Waals surface area (Å²) in [6, 6.07) is 7.53. The lowest BCUT2D eigenvalue weighted by molar-refractivity contribution is -0.0423. The fourth-order valence-electron chi connectivity index (χ4n) is 3.06. The van der Waals surface area contributed by atoms with Crippen molar-refractivity contribution in [3.8, 4) is 0 Å². The largest absolute Gasteiger partial charge is 0.465 e. The normalized spacial score (nSPS) is 19.2. The van der Waals surface area contributed by atoms with Crippen molar-refractivity contribution in [2.24, 2.45) is 0 Å².